The molecule has 142 valence electrons. The largest absolute Gasteiger partial charge is 0.376 e. The first kappa shape index (κ1) is 18.1. The minimum Gasteiger partial charge on any atom is -0.376 e. The standard InChI is InChI=1S/C21H25ClN4O/c1-2-5-20(27)25-10-12-26(13-11-25)21-16-6-3-4-7-17(16)23-18-9-8-15(22)14-19(18)24-21/h3-4,6-9,14,16-17,23H,2,5,10-13H2,1H3. The Morgan fingerprint density at radius 3 is 2.78 bits per heavy atom. The van der Waals surface area contributed by atoms with E-state index in [0.29, 0.717) is 11.4 Å². The number of piperazine rings is 1. The van der Waals surface area contributed by atoms with E-state index in [-0.39, 0.29) is 17.9 Å². The van der Waals surface area contributed by atoms with Gasteiger partial charge in [-0.15, -0.1) is 0 Å². The Balaban J connectivity index is 1.60. The fraction of sp³-hybridized carbons (Fsp3) is 0.429. The van der Waals surface area contributed by atoms with Crippen LogP contribution in [0.4, 0.5) is 11.4 Å². The zero-order chi connectivity index (χ0) is 18.8. The molecule has 0 spiro atoms. The third-order valence-corrected chi connectivity index (χ3v) is 5.61. The topological polar surface area (TPSA) is 47.9 Å². The maximum atomic E-state index is 12.2. The van der Waals surface area contributed by atoms with Crippen molar-refractivity contribution in [2.45, 2.75) is 25.8 Å². The summed E-state index contributed by atoms with van der Waals surface area (Å²) in [5, 5.41) is 4.28. The van der Waals surface area contributed by atoms with E-state index in [4.69, 9.17) is 16.6 Å². The lowest BCUT2D eigenvalue weighted by molar-refractivity contribution is -0.132. The zero-order valence-corrected chi connectivity index (χ0v) is 16.3. The van der Waals surface area contributed by atoms with Crippen molar-refractivity contribution in [2.75, 3.05) is 31.5 Å². The summed E-state index contributed by atoms with van der Waals surface area (Å²) in [6.07, 6.45) is 10.1. The molecule has 1 saturated heterocycles. The van der Waals surface area contributed by atoms with Crippen LogP contribution < -0.4 is 5.32 Å². The Morgan fingerprint density at radius 2 is 2.00 bits per heavy atom. The number of aliphatic imine (C=N–C) groups is 1. The second kappa shape index (κ2) is 7.77. The number of rotatable bonds is 2. The highest BCUT2D eigenvalue weighted by Crippen LogP contribution is 2.35. The van der Waals surface area contributed by atoms with Gasteiger partial charge in [0.25, 0.3) is 0 Å². The number of allylic oxidation sites excluding steroid dienone is 2. The number of nitrogens with zero attached hydrogens (tertiary/aromatic N) is 3. The molecule has 2 aliphatic heterocycles. The van der Waals surface area contributed by atoms with Crippen LogP contribution in [-0.4, -0.2) is 53.8 Å². The normalized spacial score (nSPS) is 23.9. The number of carbonyl (C=O) groups excluding carboxylic acids is 1. The van der Waals surface area contributed by atoms with Crippen LogP contribution in [0.5, 0.6) is 0 Å². The highest BCUT2D eigenvalue weighted by Gasteiger charge is 2.32. The molecule has 5 nitrogen and oxygen atoms in total. The summed E-state index contributed by atoms with van der Waals surface area (Å²) in [5.74, 6) is 1.48. The van der Waals surface area contributed by atoms with Gasteiger partial charge in [-0.2, -0.15) is 0 Å². The van der Waals surface area contributed by atoms with Crippen LogP contribution in [0.3, 0.4) is 0 Å². The Kier molecular flexibility index (Phi) is 5.21. The minimum absolute atomic E-state index is 0.163. The fourth-order valence-electron chi connectivity index (χ4n) is 3.93. The van der Waals surface area contributed by atoms with Crippen LogP contribution in [0.1, 0.15) is 19.8 Å². The van der Waals surface area contributed by atoms with Crippen molar-refractivity contribution in [1.29, 1.82) is 0 Å². The van der Waals surface area contributed by atoms with Crippen molar-refractivity contribution < 1.29 is 4.79 Å². The first-order chi connectivity index (χ1) is 13.2. The Labute approximate surface area is 165 Å². The van der Waals surface area contributed by atoms with Gasteiger partial charge < -0.3 is 15.1 Å². The number of fused-ring (bicyclic) bond motifs is 2. The van der Waals surface area contributed by atoms with Crippen molar-refractivity contribution in [3.63, 3.8) is 0 Å². The van der Waals surface area contributed by atoms with Crippen molar-refractivity contribution in [3.05, 3.63) is 47.5 Å². The molecule has 2 heterocycles. The average molecular weight is 385 g/mol. The summed E-state index contributed by atoms with van der Waals surface area (Å²) < 4.78 is 0. The third-order valence-electron chi connectivity index (χ3n) is 5.37. The summed E-state index contributed by atoms with van der Waals surface area (Å²) in [6, 6.07) is 5.96. The highest BCUT2D eigenvalue weighted by atomic mass is 35.5. The van der Waals surface area contributed by atoms with Gasteiger partial charge in [0.15, 0.2) is 0 Å². The molecule has 6 heteroatoms. The molecule has 1 aromatic carbocycles. The molecule has 0 aromatic heterocycles. The van der Waals surface area contributed by atoms with Crippen molar-refractivity contribution in [1.82, 2.24) is 9.80 Å². The van der Waals surface area contributed by atoms with Crippen molar-refractivity contribution >= 4 is 34.7 Å². The SMILES string of the molecule is CCCC(=O)N1CCN(C2=Nc3cc(Cl)ccc3NC3C=CC=CC23)CC1. The predicted octanol–water partition coefficient (Wildman–Crippen LogP) is 3.85. The second-order valence-corrected chi connectivity index (χ2v) is 7.65. The molecule has 0 radical (unpaired) electrons. The summed E-state index contributed by atoms with van der Waals surface area (Å²) in [5.41, 5.74) is 1.87. The van der Waals surface area contributed by atoms with E-state index in [0.717, 1.165) is 49.8 Å². The van der Waals surface area contributed by atoms with Gasteiger partial charge in [0.05, 0.1) is 23.3 Å². The molecule has 1 aromatic rings. The number of hydrogen-bond acceptors (Lipinski definition) is 4. The van der Waals surface area contributed by atoms with Gasteiger partial charge in [-0.05, 0) is 24.6 Å². The molecule has 4 rings (SSSR count). The number of hydrogen-bond donors (Lipinski definition) is 1. The first-order valence-corrected chi connectivity index (χ1v) is 10.1. The molecule has 2 atom stereocenters. The number of halogens is 1. The van der Waals surface area contributed by atoms with Gasteiger partial charge in [0.2, 0.25) is 5.91 Å². The van der Waals surface area contributed by atoms with E-state index >= 15 is 0 Å². The van der Waals surface area contributed by atoms with E-state index in [2.05, 4.69) is 34.5 Å². The minimum atomic E-state index is 0.163. The molecule has 1 N–H and O–H groups in total. The van der Waals surface area contributed by atoms with Crippen LogP contribution in [0, 0.1) is 5.92 Å². The zero-order valence-electron chi connectivity index (χ0n) is 15.6. The molecule has 0 bridgehead atoms. The van der Waals surface area contributed by atoms with E-state index in [1.165, 1.54) is 0 Å². The summed E-state index contributed by atoms with van der Waals surface area (Å²) in [7, 11) is 0. The van der Waals surface area contributed by atoms with Crippen LogP contribution >= 0.6 is 11.6 Å². The van der Waals surface area contributed by atoms with Gasteiger partial charge in [-0.1, -0.05) is 42.8 Å². The Bertz CT molecular complexity index is 808. The van der Waals surface area contributed by atoms with Gasteiger partial charge in [-0.3, -0.25) is 4.79 Å². The predicted molar refractivity (Wildman–Crippen MR) is 111 cm³/mol. The number of nitrogens with one attached hydrogen (secondary N) is 1. The highest BCUT2D eigenvalue weighted by molar-refractivity contribution is 6.31. The molecule has 0 saturated carbocycles. The maximum absolute atomic E-state index is 12.2. The number of amidine groups is 1. The van der Waals surface area contributed by atoms with Gasteiger partial charge in [-0.25, -0.2) is 4.99 Å². The molecule has 2 unspecified atom stereocenters. The Morgan fingerprint density at radius 1 is 1.22 bits per heavy atom. The van der Waals surface area contributed by atoms with Gasteiger partial charge in [0.1, 0.15) is 5.84 Å². The molecule has 1 amide bonds. The second-order valence-electron chi connectivity index (χ2n) is 7.22. The van der Waals surface area contributed by atoms with E-state index in [9.17, 15) is 4.79 Å². The van der Waals surface area contributed by atoms with E-state index in [1.807, 2.05) is 30.0 Å². The number of amides is 1. The van der Waals surface area contributed by atoms with Gasteiger partial charge >= 0.3 is 0 Å². The van der Waals surface area contributed by atoms with Crippen molar-refractivity contribution in [2.24, 2.45) is 10.9 Å². The molecule has 27 heavy (non-hydrogen) atoms. The first-order valence-electron chi connectivity index (χ1n) is 9.68. The lowest BCUT2D eigenvalue weighted by Crippen LogP contribution is -2.53. The lowest BCUT2D eigenvalue weighted by atomic mass is 9.93. The number of anilines is 1. The summed E-state index contributed by atoms with van der Waals surface area (Å²) in [6.45, 7) is 5.18. The molecule has 1 aliphatic carbocycles. The monoisotopic (exact) mass is 384 g/mol. The Hall–Kier alpha value is -2.27. The molecular weight excluding hydrogens is 360 g/mol. The lowest BCUT2D eigenvalue weighted by Gasteiger charge is -2.39. The van der Waals surface area contributed by atoms with E-state index < -0.39 is 0 Å². The number of benzene rings is 1. The van der Waals surface area contributed by atoms with Gasteiger partial charge in [0, 0.05) is 37.6 Å². The van der Waals surface area contributed by atoms with Crippen LogP contribution in [0.2, 0.25) is 5.02 Å². The van der Waals surface area contributed by atoms with Crippen LogP contribution in [-0.2, 0) is 4.79 Å². The molecular formula is C21H25ClN4O. The van der Waals surface area contributed by atoms with Crippen LogP contribution in [0.25, 0.3) is 0 Å². The number of carbonyl (C=O) groups is 1. The molecule has 1 fully saturated rings. The maximum Gasteiger partial charge on any atom is 0.222 e. The average Bonchev–Trinajstić information content (AvgIpc) is 2.85. The molecule has 3 aliphatic rings. The quantitative estimate of drug-likeness (QED) is 0.842. The fourth-order valence-corrected chi connectivity index (χ4v) is 4.09. The third kappa shape index (κ3) is 3.74. The van der Waals surface area contributed by atoms with Crippen molar-refractivity contribution in [3.8, 4) is 0 Å². The van der Waals surface area contributed by atoms with E-state index in [1.54, 1.807) is 0 Å². The smallest absolute Gasteiger partial charge is 0.222 e. The summed E-state index contributed by atoms with van der Waals surface area (Å²) in [4.78, 5) is 21.5. The van der Waals surface area contributed by atoms with Crippen LogP contribution in [0.15, 0.2) is 47.5 Å². The summed E-state index contributed by atoms with van der Waals surface area (Å²) >= 11 is 6.22.